The molecule has 34 heavy (non-hydrogen) atoms. The Kier molecular flexibility index (Phi) is 7.41. The number of piperazine rings is 1. The van der Waals surface area contributed by atoms with E-state index in [0.29, 0.717) is 31.0 Å². The van der Waals surface area contributed by atoms with Crippen LogP contribution in [-0.2, 0) is 4.79 Å². The summed E-state index contributed by atoms with van der Waals surface area (Å²) in [4.78, 5) is 17.0. The highest BCUT2D eigenvalue weighted by atomic mass is 16.5. The third kappa shape index (κ3) is 5.36. The fraction of sp³-hybridized carbons (Fsp3) is 0.296. The summed E-state index contributed by atoms with van der Waals surface area (Å²) in [5.74, 6) is 0.561. The highest BCUT2D eigenvalue weighted by Crippen LogP contribution is 2.28. The molecule has 7 heteroatoms. The summed E-state index contributed by atoms with van der Waals surface area (Å²) >= 11 is 0. The zero-order valence-electron chi connectivity index (χ0n) is 19.6. The number of aromatic nitrogens is 2. The summed E-state index contributed by atoms with van der Waals surface area (Å²) in [5.41, 5.74) is 3.31. The second kappa shape index (κ2) is 10.8. The molecule has 0 spiro atoms. The lowest BCUT2D eigenvalue weighted by Gasteiger charge is -2.32. The maximum absolute atomic E-state index is 13.1. The van der Waals surface area contributed by atoms with Crippen LogP contribution in [0.2, 0.25) is 0 Å². The number of para-hydroxylation sites is 1. The average molecular weight is 456 g/mol. The summed E-state index contributed by atoms with van der Waals surface area (Å²) in [7, 11) is 2.03. The highest BCUT2D eigenvalue weighted by Gasteiger charge is 2.23. The number of likely N-dealkylation sites (N-methyl/N-ethyl adjacent to an activating group) is 1. The zero-order valence-corrected chi connectivity index (χ0v) is 19.6. The molecule has 0 bridgehead atoms. The van der Waals surface area contributed by atoms with Crippen LogP contribution in [0.5, 0.6) is 5.75 Å². The van der Waals surface area contributed by atoms with Crippen molar-refractivity contribution in [3.05, 3.63) is 71.9 Å². The summed E-state index contributed by atoms with van der Waals surface area (Å²) in [5, 5.41) is 14.6. The number of nitrogens with zero attached hydrogens (tertiary/aromatic N) is 5. The molecule has 1 saturated heterocycles. The number of ether oxygens (including phenoxy) is 1. The minimum Gasteiger partial charge on any atom is -0.494 e. The van der Waals surface area contributed by atoms with E-state index in [4.69, 9.17) is 9.84 Å². The number of rotatable bonds is 7. The van der Waals surface area contributed by atoms with Crippen LogP contribution in [0.4, 0.5) is 0 Å². The molecule has 2 aromatic carbocycles. The van der Waals surface area contributed by atoms with Crippen molar-refractivity contribution in [3.8, 4) is 28.8 Å². The Hall–Kier alpha value is -3.89. The fourth-order valence-electron chi connectivity index (χ4n) is 3.84. The third-order valence-corrected chi connectivity index (χ3v) is 5.81. The Morgan fingerprint density at radius 3 is 2.44 bits per heavy atom. The number of benzene rings is 2. The van der Waals surface area contributed by atoms with Gasteiger partial charge in [0, 0.05) is 43.5 Å². The van der Waals surface area contributed by atoms with Gasteiger partial charge in [-0.15, -0.1) is 0 Å². The summed E-state index contributed by atoms with van der Waals surface area (Å²) in [6, 6.07) is 19.6. The van der Waals surface area contributed by atoms with Crippen LogP contribution in [0.25, 0.3) is 23.0 Å². The first-order chi connectivity index (χ1) is 16.6. The number of amides is 1. The second-order valence-electron chi connectivity index (χ2n) is 8.35. The van der Waals surface area contributed by atoms with E-state index in [2.05, 4.69) is 17.9 Å². The van der Waals surface area contributed by atoms with E-state index in [9.17, 15) is 10.1 Å². The summed E-state index contributed by atoms with van der Waals surface area (Å²) in [6.07, 6.45) is 4.46. The van der Waals surface area contributed by atoms with Crippen molar-refractivity contribution in [3.63, 3.8) is 0 Å². The lowest BCUT2D eigenvalue weighted by atomic mass is 10.1. The van der Waals surface area contributed by atoms with Crippen LogP contribution in [0.1, 0.15) is 18.9 Å². The number of carbonyl (C=O) groups excluding carboxylic acids is 1. The van der Waals surface area contributed by atoms with Crippen molar-refractivity contribution in [2.75, 3.05) is 39.8 Å². The molecule has 1 aliphatic heterocycles. The van der Waals surface area contributed by atoms with Crippen molar-refractivity contribution < 1.29 is 9.53 Å². The quantitative estimate of drug-likeness (QED) is 0.398. The maximum atomic E-state index is 13.1. The van der Waals surface area contributed by atoms with E-state index in [0.717, 1.165) is 36.5 Å². The molecule has 1 fully saturated rings. The number of hydrogen-bond donors (Lipinski definition) is 0. The van der Waals surface area contributed by atoms with Crippen molar-refractivity contribution in [1.29, 1.82) is 5.26 Å². The Morgan fingerprint density at radius 1 is 1.09 bits per heavy atom. The maximum Gasteiger partial charge on any atom is 0.264 e. The Labute approximate surface area is 200 Å². The van der Waals surface area contributed by atoms with Gasteiger partial charge < -0.3 is 14.5 Å². The van der Waals surface area contributed by atoms with Gasteiger partial charge in [-0.3, -0.25) is 4.79 Å². The van der Waals surface area contributed by atoms with Gasteiger partial charge in [0.2, 0.25) is 0 Å². The van der Waals surface area contributed by atoms with E-state index in [1.165, 1.54) is 0 Å². The first-order valence-electron chi connectivity index (χ1n) is 11.6. The van der Waals surface area contributed by atoms with Crippen LogP contribution in [0.15, 0.2) is 66.4 Å². The van der Waals surface area contributed by atoms with Crippen LogP contribution in [-0.4, -0.2) is 65.3 Å². The Balaban J connectivity index is 1.70. The molecule has 7 nitrogen and oxygen atoms in total. The third-order valence-electron chi connectivity index (χ3n) is 5.81. The molecule has 0 aliphatic carbocycles. The van der Waals surface area contributed by atoms with E-state index >= 15 is 0 Å². The normalized spacial score (nSPS) is 14.6. The van der Waals surface area contributed by atoms with Crippen molar-refractivity contribution in [1.82, 2.24) is 19.6 Å². The standard InChI is InChI=1S/C27H29N5O2/c1-3-17-34-25-11-9-21(10-12-25)26-23(20-32(29-26)24-7-5-4-6-8-24)18-22(19-28)27(33)31-15-13-30(2)14-16-31/h4-12,18,20H,3,13-17H2,1-2H3. The Bertz CT molecular complexity index is 1180. The average Bonchev–Trinajstić information content (AvgIpc) is 3.31. The van der Waals surface area contributed by atoms with Gasteiger partial charge in [0.1, 0.15) is 17.4 Å². The molecule has 174 valence electrons. The predicted octanol–water partition coefficient (Wildman–Crippen LogP) is 4.01. The van der Waals surface area contributed by atoms with Gasteiger partial charge >= 0.3 is 0 Å². The molecular formula is C27H29N5O2. The van der Waals surface area contributed by atoms with Gasteiger partial charge in [-0.2, -0.15) is 10.4 Å². The van der Waals surface area contributed by atoms with Crippen LogP contribution in [0.3, 0.4) is 0 Å². The minimum absolute atomic E-state index is 0.112. The van der Waals surface area contributed by atoms with Gasteiger partial charge in [0.25, 0.3) is 5.91 Å². The zero-order chi connectivity index (χ0) is 23.9. The van der Waals surface area contributed by atoms with Crippen molar-refractivity contribution in [2.24, 2.45) is 0 Å². The van der Waals surface area contributed by atoms with Gasteiger partial charge in [-0.25, -0.2) is 4.68 Å². The number of hydrogen-bond acceptors (Lipinski definition) is 5. The number of nitriles is 1. The van der Waals surface area contributed by atoms with Crippen LogP contribution in [0, 0.1) is 11.3 Å². The van der Waals surface area contributed by atoms with E-state index in [1.54, 1.807) is 15.7 Å². The topological polar surface area (TPSA) is 74.4 Å². The van der Waals surface area contributed by atoms with E-state index in [-0.39, 0.29) is 11.5 Å². The molecule has 2 heterocycles. The van der Waals surface area contributed by atoms with Crippen LogP contribution < -0.4 is 4.74 Å². The predicted molar refractivity (Wildman–Crippen MR) is 132 cm³/mol. The van der Waals surface area contributed by atoms with Crippen LogP contribution >= 0.6 is 0 Å². The molecule has 0 unspecified atom stereocenters. The SMILES string of the molecule is CCCOc1ccc(-c2nn(-c3ccccc3)cc2C=C(C#N)C(=O)N2CCN(C)CC2)cc1. The van der Waals surface area contributed by atoms with Gasteiger partial charge in [-0.05, 0) is 55.9 Å². The molecule has 0 atom stereocenters. The van der Waals surface area contributed by atoms with Gasteiger partial charge in [-0.1, -0.05) is 25.1 Å². The molecule has 1 aliphatic rings. The minimum atomic E-state index is -0.239. The van der Waals surface area contributed by atoms with Crippen molar-refractivity contribution in [2.45, 2.75) is 13.3 Å². The summed E-state index contributed by atoms with van der Waals surface area (Å²) in [6.45, 7) is 5.56. The molecule has 1 amide bonds. The second-order valence-corrected chi connectivity index (χ2v) is 8.35. The fourth-order valence-corrected chi connectivity index (χ4v) is 3.84. The van der Waals surface area contributed by atoms with Gasteiger partial charge in [0.15, 0.2) is 0 Å². The van der Waals surface area contributed by atoms with Crippen molar-refractivity contribution >= 4 is 12.0 Å². The van der Waals surface area contributed by atoms with E-state index < -0.39 is 0 Å². The first kappa shape index (κ1) is 23.3. The Morgan fingerprint density at radius 2 is 1.79 bits per heavy atom. The largest absolute Gasteiger partial charge is 0.494 e. The number of carbonyl (C=O) groups is 1. The molecule has 0 N–H and O–H groups in total. The first-order valence-corrected chi connectivity index (χ1v) is 11.6. The lowest BCUT2D eigenvalue weighted by Crippen LogP contribution is -2.47. The smallest absolute Gasteiger partial charge is 0.264 e. The highest BCUT2D eigenvalue weighted by molar-refractivity contribution is 6.02. The molecule has 0 saturated carbocycles. The molecular weight excluding hydrogens is 426 g/mol. The molecule has 0 radical (unpaired) electrons. The lowest BCUT2D eigenvalue weighted by molar-refractivity contribution is -0.128. The molecule has 3 aromatic rings. The summed E-state index contributed by atoms with van der Waals surface area (Å²) < 4.78 is 7.48. The molecule has 1 aromatic heterocycles. The molecule has 4 rings (SSSR count). The van der Waals surface area contributed by atoms with Gasteiger partial charge in [0.05, 0.1) is 18.0 Å². The van der Waals surface area contributed by atoms with E-state index in [1.807, 2.05) is 67.8 Å². The monoisotopic (exact) mass is 455 g/mol.